The first-order valence-corrected chi connectivity index (χ1v) is 8.60. The fourth-order valence-corrected chi connectivity index (χ4v) is 3.61. The van der Waals surface area contributed by atoms with E-state index in [0.717, 1.165) is 10.9 Å². The Morgan fingerprint density at radius 2 is 2.08 bits per heavy atom. The Labute approximate surface area is 145 Å². The van der Waals surface area contributed by atoms with Gasteiger partial charge in [0.05, 0.1) is 4.88 Å². The van der Waals surface area contributed by atoms with Gasteiger partial charge in [-0.3, -0.25) is 4.79 Å². The summed E-state index contributed by atoms with van der Waals surface area (Å²) in [6.45, 7) is 0.0922. The summed E-state index contributed by atoms with van der Waals surface area (Å²) < 4.78 is 32.1. The molecule has 0 spiro atoms. The van der Waals surface area contributed by atoms with Gasteiger partial charge in [-0.1, -0.05) is 11.2 Å². The van der Waals surface area contributed by atoms with Crippen molar-refractivity contribution >= 4 is 17.2 Å². The van der Waals surface area contributed by atoms with E-state index in [1.807, 2.05) is 17.5 Å². The Morgan fingerprint density at radius 3 is 2.80 bits per heavy atom. The van der Waals surface area contributed by atoms with E-state index in [0.29, 0.717) is 30.1 Å². The molecule has 1 aliphatic heterocycles. The summed E-state index contributed by atoms with van der Waals surface area (Å²) in [6, 6.07) is 6.62. The molecule has 1 aromatic carbocycles. The van der Waals surface area contributed by atoms with Crippen molar-refractivity contribution in [2.75, 3.05) is 0 Å². The molecule has 5 nitrogen and oxygen atoms in total. The molecule has 1 fully saturated rings. The molecule has 1 atom stereocenters. The summed E-state index contributed by atoms with van der Waals surface area (Å²) in [5, 5.41) is 5.88. The number of carbonyl (C=O) groups is 1. The first-order chi connectivity index (χ1) is 12.1. The lowest BCUT2D eigenvalue weighted by Crippen LogP contribution is -2.27. The summed E-state index contributed by atoms with van der Waals surface area (Å²) in [5.74, 6) is -0.635. The van der Waals surface area contributed by atoms with E-state index in [9.17, 15) is 13.6 Å². The van der Waals surface area contributed by atoms with Crippen LogP contribution in [0.5, 0.6) is 0 Å². The van der Waals surface area contributed by atoms with Crippen molar-refractivity contribution in [3.05, 3.63) is 58.8 Å². The summed E-state index contributed by atoms with van der Waals surface area (Å²) in [7, 11) is 0. The molecule has 0 bridgehead atoms. The SMILES string of the molecule is O=C1CCC(c2nc(-c3cccs3)no2)N1Cc1cc(F)cc(F)c1. The molecule has 8 heteroatoms. The number of likely N-dealkylation sites (tertiary alicyclic amines) is 1. The maximum absolute atomic E-state index is 13.4. The number of rotatable bonds is 4. The number of aromatic nitrogens is 2. The van der Waals surface area contributed by atoms with Crippen LogP contribution in [0, 0.1) is 11.6 Å². The molecule has 1 saturated heterocycles. The molecule has 1 aliphatic rings. The molecule has 1 amide bonds. The molecule has 4 rings (SSSR count). The Balaban J connectivity index is 1.59. The number of hydrogen-bond acceptors (Lipinski definition) is 5. The van der Waals surface area contributed by atoms with E-state index in [4.69, 9.17) is 4.52 Å². The molecule has 0 saturated carbocycles. The average molecular weight is 361 g/mol. The van der Waals surface area contributed by atoms with Crippen LogP contribution in [-0.2, 0) is 11.3 Å². The second-order valence-electron chi connectivity index (χ2n) is 5.79. The van der Waals surface area contributed by atoms with Gasteiger partial charge in [0.15, 0.2) is 0 Å². The van der Waals surface area contributed by atoms with Crippen molar-refractivity contribution < 1.29 is 18.1 Å². The van der Waals surface area contributed by atoms with Gasteiger partial charge in [0.25, 0.3) is 0 Å². The van der Waals surface area contributed by atoms with E-state index in [1.165, 1.54) is 28.4 Å². The van der Waals surface area contributed by atoms with Gasteiger partial charge in [-0.25, -0.2) is 8.78 Å². The van der Waals surface area contributed by atoms with E-state index in [2.05, 4.69) is 10.1 Å². The van der Waals surface area contributed by atoms with E-state index < -0.39 is 11.6 Å². The molecule has 0 radical (unpaired) electrons. The fourth-order valence-electron chi connectivity index (χ4n) is 2.96. The maximum atomic E-state index is 13.4. The van der Waals surface area contributed by atoms with E-state index in [-0.39, 0.29) is 18.5 Å². The first kappa shape index (κ1) is 15.9. The van der Waals surface area contributed by atoms with Crippen molar-refractivity contribution in [1.82, 2.24) is 15.0 Å². The van der Waals surface area contributed by atoms with Gasteiger partial charge in [0.1, 0.15) is 17.7 Å². The van der Waals surface area contributed by atoms with Crippen LogP contribution in [0.3, 0.4) is 0 Å². The van der Waals surface area contributed by atoms with Gasteiger partial charge in [0, 0.05) is 19.0 Å². The Morgan fingerprint density at radius 1 is 1.28 bits per heavy atom. The van der Waals surface area contributed by atoms with Gasteiger partial charge in [-0.15, -0.1) is 11.3 Å². The normalized spacial score (nSPS) is 17.4. The van der Waals surface area contributed by atoms with Crippen molar-refractivity contribution in [2.45, 2.75) is 25.4 Å². The third-order valence-electron chi connectivity index (χ3n) is 4.07. The van der Waals surface area contributed by atoms with Crippen LogP contribution < -0.4 is 0 Å². The third-order valence-corrected chi connectivity index (χ3v) is 4.94. The number of thiophene rings is 1. The Hall–Kier alpha value is -2.61. The number of amides is 1. The predicted octanol–water partition coefficient (Wildman–Crippen LogP) is 3.94. The number of hydrogen-bond donors (Lipinski definition) is 0. The van der Waals surface area contributed by atoms with Crippen molar-refractivity contribution in [3.63, 3.8) is 0 Å². The standard InChI is InChI=1S/C17H13F2N3O2S/c18-11-6-10(7-12(19)8-11)9-22-13(3-4-15(22)23)17-20-16(21-24-17)14-2-1-5-25-14/h1-2,5-8,13H,3-4,9H2. The fraction of sp³-hybridized carbons (Fsp3) is 0.235. The Kier molecular flexibility index (Phi) is 4.04. The van der Waals surface area contributed by atoms with Crippen LogP contribution in [0.4, 0.5) is 8.78 Å². The highest BCUT2D eigenvalue weighted by molar-refractivity contribution is 7.13. The van der Waals surface area contributed by atoms with Crippen molar-refractivity contribution in [1.29, 1.82) is 0 Å². The smallest absolute Gasteiger partial charge is 0.249 e. The number of benzene rings is 1. The third kappa shape index (κ3) is 3.17. The van der Waals surface area contributed by atoms with E-state index in [1.54, 1.807) is 0 Å². The van der Waals surface area contributed by atoms with Crippen LogP contribution in [0.25, 0.3) is 10.7 Å². The summed E-state index contributed by atoms with van der Waals surface area (Å²) >= 11 is 1.49. The van der Waals surface area contributed by atoms with Crippen LogP contribution in [0.1, 0.15) is 30.3 Å². The molecular weight excluding hydrogens is 348 g/mol. The van der Waals surface area contributed by atoms with Crippen molar-refractivity contribution in [3.8, 4) is 10.7 Å². The molecule has 0 aliphatic carbocycles. The molecule has 128 valence electrons. The second kappa shape index (κ2) is 6.36. The zero-order valence-electron chi connectivity index (χ0n) is 13.0. The van der Waals surface area contributed by atoms with E-state index >= 15 is 0 Å². The zero-order chi connectivity index (χ0) is 17.4. The highest BCUT2D eigenvalue weighted by Crippen LogP contribution is 2.34. The Bertz CT molecular complexity index is 890. The highest BCUT2D eigenvalue weighted by atomic mass is 32.1. The van der Waals surface area contributed by atoms with Crippen molar-refractivity contribution in [2.24, 2.45) is 0 Å². The van der Waals surface area contributed by atoms with Gasteiger partial charge < -0.3 is 9.42 Å². The zero-order valence-corrected chi connectivity index (χ0v) is 13.8. The van der Waals surface area contributed by atoms with Gasteiger partial charge >= 0.3 is 0 Å². The van der Waals surface area contributed by atoms with Crippen LogP contribution in [0.2, 0.25) is 0 Å². The van der Waals surface area contributed by atoms with Crippen LogP contribution in [0.15, 0.2) is 40.2 Å². The largest absolute Gasteiger partial charge is 0.337 e. The lowest BCUT2D eigenvalue weighted by molar-refractivity contribution is -0.130. The number of halogens is 2. The predicted molar refractivity (Wildman–Crippen MR) is 86.5 cm³/mol. The highest BCUT2D eigenvalue weighted by Gasteiger charge is 2.36. The summed E-state index contributed by atoms with van der Waals surface area (Å²) in [4.78, 5) is 19.0. The maximum Gasteiger partial charge on any atom is 0.249 e. The minimum atomic E-state index is -0.670. The van der Waals surface area contributed by atoms with Crippen LogP contribution >= 0.6 is 11.3 Å². The topological polar surface area (TPSA) is 59.2 Å². The molecule has 25 heavy (non-hydrogen) atoms. The quantitative estimate of drug-likeness (QED) is 0.706. The number of nitrogens with zero attached hydrogens (tertiary/aromatic N) is 3. The minimum absolute atomic E-state index is 0.0922. The summed E-state index contributed by atoms with van der Waals surface area (Å²) in [5.41, 5.74) is 0.385. The molecular formula is C17H13F2N3O2S. The molecule has 3 aromatic rings. The second-order valence-corrected chi connectivity index (χ2v) is 6.74. The lowest BCUT2D eigenvalue weighted by atomic mass is 10.1. The molecule has 0 N–H and O–H groups in total. The van der Waals surface area contributed by atoms with Gasteiger partial charge in [-0.2, -0.15) is 4.98 Å². The van der Waals surface area contributed by atoms with Gasteiger partial charge in [0.2, 0.25) is 17.6 Å². The van der Waals surface area contributed by atoms with Crippen LogP contribution in [-0.4, -0.2) is 20.9 Å². The van der Waals surface area contributed by atoms with Gasteiger partial charge in [-0.05, 0) is 35.6 Å². The first-order valence-electron chi connectivity index (χ1n) is 7.72. The average Bonchev–Trinajstić information content (AvgIpc) is 3.28. The molecule has 1 unspecified atom stereocenters. The minimum Gasteiger partial charge on any atom is -0.337 e. The molecule has 2 aromatic heterocycles. The molecule has 3 heterocycles. The lowest BCUT2D eigenvalue weighted by Gasteiger charge is -2.22. The monoisotopic (exact) mass is 361 g/mol. The summed E-state index contributed by atoms with van der Waals surface area (Å²) in [6.07, 6.45) is 0.863. The number of carbonyl (C=O) groups excluding carboxylic acids is 1.